The second-order valence-electron chi connectivity index (χ2n) is 8.88. The molecule has 1 amide bonds. The van der Waals surface area contributed by atoms with Crippen molar-refractivity contribution in [3.05, 3.63) is 29.3 Å². The van der Waals surface area contributed by atoms with Crippen molar-refractivity contribution in [2.75, 3.05) is 52.8 Å². The van der Waals surface area contributed by atoms with Crippen LogP contribution in [0.25, 0.3) is 10.9 Å². The third kappa shape index (κ3) is 3.31. The smallest absolute Gasteiger partial charge is 0.409 e. The molecule has 1 aliphatic carbocycles. The van der Waals surface area contributed by atoms with E-state index < -0.39 is 0 Å². The Morgan fingerprint density at radius 1 is 1.27 bits per heavy atom. The molecule has 162 valence electrons. The molecule has 3 atom stereocenters. The molecule has 3 heterocycles. The van der Waals surface area contributed by atoms with Gasteiger partial charge in [-0.2, -0.15) is 0 Å². The second-order valence-corrected chi connectivity index (χ2v) is 9.68. The minimum absolute atomic E-state index is 0.191. The highest BCUT2D eigenvalue weighted by Crippen LogP contribution is 2.47. The van der Waals surface area contributed by atoms with Crippen LogP contribution in [0.5, 0.6) is 0 Å². The largest absolute Gasteiger partial charge is 0.449 e. The number of ether oxygens (including phenoxy) is 2. The lowest BCUT2D eigenvalue weighted by molar-refractivity contribution is 0.0131. The van der Waals surface area contributed by atoms with E-state index in [4.69, 9.17) is 9.47 Å². The summed E-state index contributed by atoms with van der Waals surface area (Å²) in [4.78, 5) is 16.7. The molecule has 0 radical (unpaired) electrons. The zero-order chi connectivity index (χ0) is 20.8. The zero-order valence-electron chi connectivity index (χ0n) is 18.1. The van der Waals surface area contributed by atoms with Crippen molar-refractivity contribution in [1.82, 2.24) is 14.4 Å². The summed E-state index contributed by atoms with van der Waals surface area (Å²) < 4.78 is 13.4. The van der Waals surface area contributed by atoms with Crippen LogP contribution >= 0.6 is 11.8 Å². The summed E-state index contributed by atoms with van der Waals surface area (Å²) in [5.41, 5.74) is 4.33. The van der Waals surface area contributed by atoms with Gasteiger partial charge in [-0.1, -0.05) is 12.1 Å². The van der Waals surface area contributed by atoms with E-state index in [0.717, 1.165) is 19.4 Å². The van der Waals surface area contributed by atoms with Gasteiger partial charge >= 0.3 is 6.09 Å². The van der Waals surface area contributed by atoms with Crippen LogP contribution in [-0.4, -0.2) is 79.3 Å². The number of likely N-dealkylation sites (N-methyl/N-ethyl adjacent to an activating group) is 1. The zero-order valence-corrected chi connectivity index (χ0v) is 18.9. The normalized spacial score (nSPS) is 26.6. The van der Waals surface area contributed by atoms with Gasteiger partial charge in [-0.05, 0) is 43.3 Å². The first-order valence-electron chi connectivity index (χ1n) is 10.9. The highest BCUT2D eigenvalue weighted by atomic mass is 32.2. The number of carbonyl (C=O) groups excluding carboxylic acids is 1. The maximum absolute atomic E-state index is 12.4. The van der Waals surface area contributed by atoms with Crippen molar-refractivity contribution in [3.63, 3.8) is 0 Å². The average molecular weight is 430 g/mol. The van der Waals surface area contributed by atoms with E-state index in [1.807, 2.05) is 11.8 Å². The Morgan fingerprint density at radius 2 is 2.07 bits per heavy atom. The number of morpholine rings is 1. The fourth-order valence-electron chi connectivity index (χ4n) is 5.77. The highest BCUT2D eigenvalue weighted by molar-refractivity contribution is 7.98. The van der Waals surface area contributed by atoms with E-state index in [-0.39, 0.29) is 6.09 Å². The number of nitrogens with zero attached hydrogens (tertiary/aromatic N) is 3. The van der Waals surface area contributed by atoms with Crippen LogP contribution in [0.1, 0.15) is 23.5 Å². The first kappa shape index (κ1) is 20.2. The monoisotopic (exact) mass is 429 g/mol. The molecule has 0 N–H and O–H groups in total. The molecule has 5 rings (SSSR count). The average Bonchev–Trinajstić information content (AvgIpc) is 3.05. The topological polar surface area (TPSA) is 46.9 Å². The Kier molecular flexibility index (Phi) is 5.45. The van der Waals surface area contributed by atoms with E-state index in [1.54, 1.807) is 4.90 Å². The van der Waals surface area contributed by atoms with Crippen LogP contribution in [0.15, 0.2) is 23.2 Å². The van der Waals surface area contributed by atoms with E-state index in [1.165, 1.54) is 27.1 Å². The number of thioether (sulfide) groups is 1. The van der Waals surface area contributed by atoms with Gasteiger partial charge in [0, 0.05) is 55.5 Å². The lowest BCUT2D eigenvalue weighted by Gasteiger charge is -2.45. The summed E-state index contributed by atoms with van der Waals surface area (Å²) in [5, 5.41) is 2.86. The van der Waals surface area contributed by atoms with Crippen LogP contribution in [0.4, 0.5) is 4.79 Å². The lowest BCUT2D eigenvalue weighted by atomic mass is 9.72. The van der Waals surface area contributed by atoms with Gasteiger partial charge in [0.05, 0.1) is 24.8 Å². The minimum Gasteiger partial charge on any atom is -0.449 e. The van der Waals surface area contributed by atoms with Crippen LogP contribution in [0, 0.1) is 5.92 Å². The first-order valence-corrected chi connectivity index (χ1v) is 12.1. The molecular weight excluding hydrogens is 398 g/mol. The molecule has 2 saturated heterocycles. The molecule has 2 fully saturated rings. The van der Waals surface area contributed by atoms with Crippen molar-refractivity contribution in [1.29, 1.82) is 0 Å². The SMILES string of the molecule is CSc1c2c3c(cccc3n1C)[C@H]1CC(COC(=O)N3CCOCC3)CN(C)[C@@H]1C2. The molecular formula is C23H31N3O3S. The number of aromatic nitrogens is 1. The van der Waals surface area contributed by atoms with Gasteiger partial charge in [0.15, 0.2) is 0 Å². The number of hydrogen-bond acceptors (Lipinski definition) is 5. The number of benzene rings is 1. The van der Waals surface area contributed by atoms with Crippen molar-refractivity contribution in [2.45, 2.75) is 29.8 Å². The Morgan fingerprint density at radius 3 is 2.83 bits per heavy atom. The second kappa shape index (κ2) is 8.09. The maximum atomic E-state index is 12.4. The number of piperidine rings is 1. The van der Waals surface area contributed by atoms with Crippen LogP contribution < -0.4 is 0 Å². The highest BCUT2D eigenvalue weighted by Gasteiger charge is 2.41. The molecule has 0 spiro atoms. The van der Waals surface area contributed by atoms with E-state index in [2.05, 4.69) is 48.0 Å². The third-order valence-corrected chi connectivity index (χ3v) is 8.09. The molecule has 0 saturated carbocycles. The molecule has 1 aromatic carbocycles. The van der Waals surface area contributed by atoms with Gasteiger partial charge in [0.2, 0.25) is 0 Å². The van der Waals surface area contributed by atoms with Crippen molar-refractivity contribution >= 4 is 28.8 Å². The van der Waals surface area contributed by atoms with E-state index in [9.17, 15) is 4.79 Å². The third-order valence-electron chi connectivity index (χ3n) is 7.18. The standard InChI is InChI=1S/C23H31N3O3S/c1-24-13-15(14-29-23(27)26-7-9-28-10-8-26)11-17-16-5-4-6-19-21(16)18(12-20(17)24)22(30-3)25(19)2/h4-6,15,17,20H,7-14H2,1-3H3/t15?,17-,20-/m1/s1. The van der Waals surface area contributed by atoms with E-state index >= 15 is 0 Å². The Balaban J connectivity index is 1.36. The number of amides is 1. The Hall–Kier alpha value is -1.70. The summed E-state index contributed by atoms with van der Waals surface area (Å²) >= 11 is 1.85. The van der Waals surface area contributed by atoms with Gasteiger partial charge in [0.25, 0.3) is 0 Å². The molecule has 1 aromatic heterocycles. The predicted molar refractivity (Wildman–Crippen MR) is 119 cm³/mol. The summed E-state index contributed by atoms with van der Waals surface area (Å²) in [6, 6.07) is 7.29. The van der Waals surface area contributed by atoms with Gasteiger partial charge in [-0.25, -0.2) is 4.79 Å². The molecule has 2 aromatic rings. The summed E-state index contributed by atoms with van der Waals surface area (Å²) in [6.07, 6.45) is 4.17. The fraction of sp³-hybridized carbons (Fsp3) is 0.609. The fourth-order valence-corrected chi connectivity index (χ4v) is 6.58. The Labute approximate surface area is 182 Å². The van der Waals surface area contributed by atoms with Gasteiger partial charge < -0.3 is 23.8 Å². The number of aryl methyl sites for hydroxylation is 1. The van der Waals surface area contributed by atoms with Gasteiger partial charge in [0.1, 0.15) is 0 Å². The molecule has 2 aliphatic heterocycles. The van der Waals surface area contributed by atoms with Gasteiger partial charge in [-0.3, -0.25) is 0 Å². The molecule has 0 bridgehead atoms. The van der Waals surface area contributed by atoms with Gasteiger partial charge in [-0.15, -0.1) is 11.8 Å². The van der Waals surface area contributed by atoms with Crippen molar-refractivity contribution in [3.8, 4) is 0 Å². The Bertz CT molecular complexity index is 953. The summed E-state index contributed by atoms with van der Waals surface area (Å²) in [6.45, 7) is 3.94. The predicted octanol–water partition coefficient (Wildman–Crippen LogP) is 3.33. The van der Waals surface area contributed by atoms with Crippen molar-refractivity contribution < 1.29 is 14.3 Å². The summed E-state index contributed by atoms with van der Waals surface area (Å²) in [7, 11) is 4.43. The minimum atomic E-state index is -0.191. The number of hydrogen-bond donors (Lipinski definition) is 0. The number of carbonyl (C=O) groups is 1. The molecule has 6 nitrogen and oxygen atoms in total. The van der Waals surface area contributed by atoms with E-state index in [0.29, 0.717) is 50.8 Å². The number of fused-ring (bicyclic) bond motifs is 2. The first-order chi connectivity index (χ1) is 14.6. The number of likely N-dealkylation sites (tertiary alicyclic amines) is 1. The van der Waals surface area contributed by atoms with Crippen molar-refractivity contribution in [2.24, 2.45) is 13.0 Å². The van der Waals surface area contributed by atoms with Crippen LogP contribution in [-0.2, 0) is 22.9 Å². The lowest BCUT2D eigenvalue weighted by Crippen LogP contribution is -2.49. The molecule has 7 heteroatoms. The maximum Gasteiger partial charge on any atom is 0.409 e. The molecule has 30 heavy (non-hydrogen) atoms. The number of rotatable bonds is 3. The quantitative estimate of drug-likeness (QED) is 0.701. The van der Waals surface area contributed by atoms with Crippen LogP contribution in [0.2, 0.25) is 0 Å². The van der Waals surface area contributed by atoms with Crippen LogP contribution in [0.3, 0.4) is 0 Å². The summed E-state index contributed by atoms with van der Waals surface area (Å²) in [5.74, 6) is 0.853. The molecule has 1 unspecified atom stereocenters. The molecule has 3 aliphatic rings.